The molecule has 0 saturated carbocycles. The van der Waals surface area contributed by atoms with E-state index in [1.807, 2.05) is 0 Å². The molecule has 152 valence electrons. The number of pyridine rings is 1. The number of aryl methyl sites for hydroxylation is 1. The van der Waals surface area contributed by atoms with Crippen LogP contribution >= 0.6 is 11.6 Å². The van der Waals surface area contributed by atoms with Crippen LogP contribution in [0.25, 0.3) is 11.3 Å². The van der Waals surface area contributed by atoms with Gasteiger partial charge in [0.15, 0.2) is 0 Å². The summed E-state index contributed by atoms with van der Waals surface area (Å²) in [7, 11) is 1.43. The number of nitrogens with zero attached hydrogens (tertiary/aromatic N) is 2. The van der Waals surface area contributed by atoms with Crippen LogP contribution in [0.4, 0.5) is 10.1 Å². The number of amides is 1. The van der Waals surface area contributed by atoms with E-state index in [1.165, 1.54) is 26.2 Å². The Bertz CT molecular complexity index is 1060. The molecule has 0 aliphatic heterocycles. The highest BCUT2D eigenvalue weighted by Crippen LogP contribution is 2.33. The van der Waals surface area contributed by atoms with Crippen LogP contribution in [0.1, 0.15) is 34.8 Å². The second kappa shape index (κ2) is 8.06. The van der Waals surface area contributed by atoms with Crippen molar-refractivity contribution >= 4 is 23.2 Å². The van der Waals surface area contributed by atoms with E-state index in [2.05, 4.69) is 20.5 Å². The Morgan fingerprint density at radius 2 is 2.10 bits per heavy atom. The van der Waals surface area contributed by atoms with E-state index >= 15 is 0 Å². The number of aromatic nitrogens is 3. The summed E-state index contributed by atoms with van der Waals surface area (Å²) in [4.78, 5) is 16.7. The number of phenolic OH excluding ortho intramolecular Hbond substituents is 1. The standard InChI is InChI=1S/C19H18ClFN4O4/c1-8-16(18(20)25-24-8)23-19(28)11-6-12(21)10(7-14(11)27)13-4-5-15(29-3)17(22-13)9(2)26/h4-7,9,26-27H,1-3H3,(H,23,28)(H,24,25). The van der Waals surface area contributed by atoms with Crippen LogP contribution in [-0.4, -0.2) is 38.4 Å². The van der Waals surface area contributed by atoms with Gasteiger partial charge in [0.05, 0.1) is 30.2 Å². The summed E-state index contributed by atoms with van der Waals surface area (Å²) < 4.78 is 19.9. The molecule has 0 aliphatic carbocycles. The smallest absolute Gasteiger partial charge is 0.259 e. The van der Waals surface area contributed by atoms with E-state index in [1.54, 1.807) is 6.92 Å². The van der Waals surface area contributed by atoms with Crippen LogP contribution < -0.4 is 10.1 Å². The number of halogens is 2. The fourth-order valence-electron chi connectivity index (χ4n) is 2.75. The molecule has 0 bridgehead atoms. The van der Waals surface area contributed by atoms with Crippen LogP contribution in [0.15, 0.2) is 24.3 Å². The largest absolute Gasteiger partial charge is 0.507 e. The second-order valence-electron chi connectivity index (χ2n) is 6.26. The SMILES string of the molecule is COc1ccc(-c2cc(O)c(C(=O)Nc3c(C)n[nH]c3Cl)cc2F)nc1C(C)O. The van der Waals surface area contributed by atoms with Crippen LogP contribution in [0.5, 0.6) is 11.5 Å². The zero-order valence-corrected chi connectivity index (χ0v) is 16.5. The Balaban J connectivity index is 1.98. The second-order valence-corrected chi connectivity index (χ2v) is 6.64. The number of hydrogen-bond acceptors (Lipinski definition) is 6. The average molecular weight is 421 g/mol. The lowest BCUT2D eigenvalue weighted by atomic mass is 10.0. The first-order valence-corrected chi connectivity index (χ1v) is 8.88. The number of aliphatic hydroxyl groups is 1. The van der Waals surface area contributed by atoms with Gasteiger partial charge in [0, 0.05) is 5.56 Å². The van der Waals surface area contributed by atoms with Gasteiger partial charge in [-0.25, -0.2) is 9.37 Å². The molecule has 3 aromatic rings. The minimum absolute atomic E-state index is 0.0406. The van der Waals surface area contributed by atoms with E-state index in [4.69, 9.17) is 16.3 Å². The predicted octanol–water partition coefficient (Wildman–Crippen LogP) is 3.59. The van der Waals surface area contributed by atoms with Gasteiger partial charge in [0.25, 0.3) is 5.91 Å². The van der Waals surface area contributed by atoms with Crippen molar-refractivity contribution in [2.45, 2.75) is 20.0 Å². The molecule has 2 heterocycles. The molecule has 0 radical (unpaired) electrons. The number of H-pyrrole nitrogens is 1. The van der Waals surface area contributed by atoms with Crippen molar-refractivity contribution in [3.8, 4) is 22.8 Å². The molecule has 1 atom stereocenters. The van der Waals surface area contributed by atoms with E-state index in [0.717, 1.165) is 12.1 Å². The number of aromatic hydroxyl groups is 1. The Kier molecular flexibility index (Phi) is 5.71. The highest BCUT2D eigenvalue weighted by atomic mass is 35.5. The van der Waals surface area contributed by atoms with Crippen molar-refractivity contribution in [3.63, 3.8) is 0 Å². The molecular formula is C19H18ClFN4O4. The zero-order chi connectivity index (χ0) is 21.3. The third-order valence-corrected chi connectivity index (χ3v) is 4.52. The fraction of sp³-hybridized carbons (Fsp3) is 0.211. The summed E-state index contributed by atoms with van der Waals surface area (Å²) in [5, 5.41) is 29.1. The van der Waals surface area contributed by atoms with Gasteiger partial charge < -0.3 is 20.3 Å². The van der Waals surface area contributed by atoms with Crippen molar-refractivity contribution in [1.82, 2.24) is 15.2 Å². The molecule has 0 spiro atoms. The number of carbonyl (C=O) groups is 1. The summed E-state index contributed by atoms with van der Waals surface area (Å²) >= 11 is 5.91. The molecule has 2 aromatic heterocycles. The van der Waals surface area contributed by atoms with Crippen LogP contribution in [0.3, 0.4) is 0 Å². The Morgan fingerprint density at radius 3 is 2.69 bits per heavy atom. The molecule has 4 N–H and O–H groups in total. The zero-order valence-electron chi connectivity index (χ0n) is 15.7. The number of methoxy groups -OCH3 is 1. The molecule has 8 nitrogen and oxygen atoms in total. The number of nitrogens with one attached hydrogen (secondary N) is 2. The number of phenols is 1. The van der Waals surface area contributed by atoms with Gasteiger partial charge in [-0.05, 0) is 38.1 Å². The summed E-state index contributed by atoms with van der Waals surface area (Å²) in [6, 6.07) is 5.01. The maximum atomic E-state index is 14.8. The van der Waals surface area contributed by atoms with Gasteiger partial charge in [0.1, 0.15) is 33.9 Å². The monoisotopic (exact) mass is 420 g/mol. The number of benzene rings is 1. The molecule has 10 heteroatoms. The minimum atomic E-state index is -0.949. The lowest BCUT2D eigenvalue weighted by Crippen LogP contribution is -2.13. The van der Waals surface area contributed by atoms with E-state index < -0.39 is 23.6 Å². The van der Waals surface area contributed by atoms with Gasteiger partial charge in [-0.3, -0.25) is 9.89 Å². The minimum Gasteiger partial charge on any atom is -0.507 e. The van der Waals surface area contributed by atoms with Crippen LogP contribution in [0.2, 0.25) is 5.15 Å². The fourth-order valence-corrected chi connectivity index (χ4v) is 2.98. The summed E-state index contributed by atoms with van der Waals surface area (Å²) in [5.74, 6) is -1.65. The van der Waals surface area contributed by atoms with Gasteiger partial charge in [-0.15, -0.1) is 0 Å². The number of hydrogen-bond donors (Lipinski definition) is 4. The molecule has 1 unspecified atom stereocenters. The highest BCUT2D eigenvalue weighted by Gasteiger charge is 2.21. The maximum Gasteiger partial charge on any atom is 0.259 e. The lowest BCUT2D eigenvalue weighted by molar-refractivity contribution is 0.102. The van der Waals surface area contributed by atoms with Crippen LogP contribution in [0, 0.1) is 12.7 Å². The van der Waals surface area contributed by atoms with E-state index in [-0.39, 0.29) is 33.4 Å². The third-order valence-electron chi connectivity index (χ3n) is 4.25. The Labute approximate surface area is 170 Å². The molecule has 1 aromatic carbocycles. The first-order chi connectivity index (χ1) is 13.7. The lowest BCUT2D eigenvalue weighted by Gasteiger charge is -2.13. The number of carbonyl (C=O) groups excluding carboxylic acids is 1. The summed E-state index contributed by atoms with van der Waals surface area (Å²) in [6.45, 7) is 3.12. The summed E-state index contributed by atoms with van der Waals surface area (Å²) in [6.07, 6.45) is -0.949. The molecule has 0 saturated heterocycles. The topological polar surface area (TPSA) is 120 Å². The number of rotatable bonds is 5. The first-order valence-electron chi connectivity index (χ1n) is 8.50. The molecule has 3 rings (SSSR count). The van der Waals surface area contributed by atoms with Crippen molar-refractivity contribution in [2.75, 3.05) is 12.4 Å². The highest BCUT2D eigenvalue weighted by molar-refractivity contribution is 6.33. The van der Waals surface area contributed by atoms with Crippen molar-refractivity contribution < 1.29 is 24.1 Å². The number of aromatic amines is 1. The van der Waals surface area contributed by atoms with Gasteiger partial charge in [-0.2, -0.15) is 5.10 Å². The van der Waals surface area contributed by atoms with Crippen LogP contribution in [-0.2, 0) is 0 Å². The number of anilines is 1. The third kappa shape index (κ3) is 4.01. The van der Waals surface area contributed by atoms with E-state index in [0.29, 0.717) is 11.4 Å². The quantitative estimate of drug-likeness (QED) is 0.500. The van der Waals surface area contributed by atoms with Crippen molar-refractivity contribution in [1.29, 1.82) is 0 Å². The summed E-state index contributed by atoms with van der Waals surface area (Å²) in [5.41, 5.74) is 0.728. The van der Waals surface area contributed by atoms with Gasteiger partial charge >= 0.3 is 0 Å². The first kappa shape index (κ1) is 20.6. The molecule has 1 amide bonds. The number of ether oxygens (including phenoxy) is 1. The molecule has 0 aliphatic rings. The normalized spacial score (nSPS) is 11.9. The Morgan fingerprint density at radius 1 is 1.38 bits per heavy atom. The van der Waals surface area contributed by atoms with Gasteiger partial charge in [0.2, 0.25) is 0 Å². The Hall–Kier alpha value is -3.17. The van der Waals surface area contributed by atoms with E-state index in [9.17, 15) is 19.4 Å². The van der Waals surface area contributed by atoms with Crippen molar-refractivity contribution in [2.24, 2.45) is 0 Å². The van der Waals surface area contributed by atoms with Crippen molar-refractivity contribution in [3.05, 3.63) is 52.2 Å². The molecule has 29 heavy (non-hydrogen) atoms. The van der Waals surface area contributed by atoms with Gasteiger partial charge in [-0.1, -0.05) is 11.6 Å². The average Bonchev–Trinajstić information content (AvgIpc) is 3.00. The molecule has 0 fully saturated rings. The number of aliphatic hydroxyl groups excluding tert-OH is 1. The predicted molar refractivity (Wildman–Crippen MR) is 105 cm³/mol. The molecular weight excluding hydrogens is 403 g/mol. The maximum absolute atomic E-state index is 14.8.